The van der Waals surface area contributed by atoms with Gasteiger partial charge in [0, 0.05) is 5.69 Å². The Labute approximate surface area is 126 Å². The van der Waals surface area contributed by atoms with Crippen molar-refractivity contribution in [3.8, 4) is 0 Å². The van der Waals surface area contributed by atoms with Crippen LogP contribution in [0.3, 0.4) is 0 Å². The lowest BCUT2D eigenvalue weighted by atomic mass is 10.0. The normalized spacial score (nSPS) is 13.0. The Morgan fingerprint density at radius 2 is 1.71 bits per heavy atom. The van der Waals surface area contributed by atoms with Crippen LogP contribution in [0.15, 0.2) is 42.5 Å². The first-order valence-corrected chi connectivity index (χ1v) is 7.74. The van der Waals surface area contributed by atoms with Crippen molar-refractivity contribution < 1.29 is 4.79 Å². The molecule has 0 aromatic heterocycles. The fourth-order valence-electron chi connectivity index (χ4n) is 2.95. The number of carbonyl (C=O) groups excluding carboxylic acids is 1. The van der Waals surface area contributed by atoms with Crippen LogP contribution in [-0.4, -0.2) is 5.91 Å². The third kappa shape index (κ3) is 3.33. The molecule has 0 aliphatic heterocycles. The smallest absolute Gasteiger partial charge is 0.228 e. The van der Waals surface area contributed by atoms with Crippen LogP contribution in [0.2, 0.25) is 0 Å². The van der Waals surface area contributed by atoms with E-state index in [2.05, 4.69) is 42.6 Å². The van der Waals surface area contributed by atoms with Gasteiger partial charge in [-0.1, -0.05) is 37.3 Å². The molecule has 0 spiro atoms. The summed E-state index contributed by atoms with van der Waals surface area (Å²) in [5.74, 6) is 0.0530. The van der Waals surface area contributed by atoms with Gasteiger partial charge in [0.25, 0.3) is 0 Å². The molecule has 2 nitrogen and oxygen atoms in total. The monoisotopic (exact) mass is 279 g/mol. The molecule has 2 heteroatoms. The van der Waals surface area contributed by atoms with Gasteiger partial charge in [-0.25, -0.2) is 0 Å². The van der Waals surface area contributed by atoms with Gasteiger partial charge in [-0.3, -0.25) is 4.79 Å². The lowest BCUT2D eigenvalue weighted by molar-refractivity contribution is -0.115. The zero-order valence-corrected chi connectivity index (χ0v) is 12.5. The van der Waals surface area contributed by atoms with Crippen LogP contribution in [0.5, 0.6) is 0 Å². The highest BCUT2D eigenvalue weighted by atomic mass is 16.1. The van der Waals surface area contributed by atoms with Crippen molar-refractivity contribution in [1.29, 1.82) is 0 Å². The van der Waals surface area contributed by atoms with Crippen molar-refractivity contribution in [2.75, 3.05) is 5.32 Å². The average molecular weight is 279 g/mol. The third-order valence-corrected chi connectivity index (χ3v) is 4.17. The third-order valence-electron chi connectivity index (χ3n) is 4.17. The molecule has 21 heavy (non-hydrogen) atoms. The Hall–Kier alpha value is -2.09. The van der Waals surface area contributed by atoms with Crippen molar-refractivity contribution >= 4 is 11.6 Å². The molecule has 0 fully saturated rings. The largest absolute Gasteiger partial charge is 0.326 e. The lowest BCUT2D eigenvalue weighted by Gasteiger charge is -2.07. The molecule has 0 bridgehead atoms. The minimum Gasteiger partial charge on any atom is -0.326 e. The fourth-order valence-corrected chi connectivity index (χ4v) is 2.95. The van der Waals surface area contributed by atoms with Gasteiger partial charge in [-0.2, -0.15) is 0 Å². The Bertz CT molecular complexity index is 643. The maximum atomic E-state index is 12.1. The molecule has 0 saturated heterocycles. The summed E-state index contributed by atoms with van der Waals surface area (Å²) in [6.07, 6.45) is 5.05. The number of fused-ring (bicyclic) bond motifs is 1. The zero-order chi connectivity index (χ0) is 14.7. The predicted molar refractivity (Wildman–Crippen MR) is 86.6 cm³/mol. The standard InChI is InChI=1S/C19H21NO/c1-2-14-7-10-18(11-8-14)20-19(21)13-15-6-9-16-4-3-5-17(16)12-15/h6-12H,2-5,13H2,1H3,(H,20,21). The van der Waals surface area contributed by atoms with E-state index in [4.69, 9.17) is 0 Å². The molecule has 0 heterocycles. The highest BCUT2D eigenvalue weighted by molar-refractivity contribution is 5.92. The molecular weight excluding hydrogens is 258 g/mol. The van der Waals surface area contributed by atoms with Gasteiger partial charge >= 0.3 is 0 Å². The van der Waals surface area contributed by atoms with Crippen LogP contribution in [-0.2, 0) is 30.5 Å². The second kappa shape index (κ2) is 6.13. The number of aryl methyl sites for hydroxylation is 3. The quantitative estimate of drug-likeness (QED) is 0.903. The van der Waals surface area contributed by atoms with E-state index in [1.807, 2.05) is 12.1 Å². The number of rotatable bonds is 4. The Morgan fingerprint density at radius 1 is 1.00 bits per heavy atom. The van der Waals surface area contributed by atoms with Gasteiger partial charge in [0.2, 0.25) is 5.91 Å². The summed E-state index contributed by atoms with van der Waals surface area (Å²) in [5.41, 5.74) is 6.14. The van der Waals surface area contributed by atoms with E-state index in [-0.39, 0.29) is 5.91 Å². The first-order valence-electron chi connectivity index (χ1n) is 7.74. The highest BCUT2D eigenvalue weighted by Gasteiger charge is 2.12. The molecule has 2 aromatic rings. The van der Waals surface area contributed by atoms with Crippen molar-refractivity contribution in [1.82, 2.24) is 0 Å². The summed E-state index contributed by atoms with van der Waals surface area (Å²) in [6, 6.07) is 14.5. The van der Waals surface area contributed by atoms with Crippen LogP contribution in [0.4, 0.5) is 5.69 Å². The van der Waals surface area contributed by atoms with E-state index in [1.165, 1.54) is 29.5 Å². The summed E-state index contributed by atoms with van der Waals surface area (Å²) in [4.78, 5) is 12.1. The predicted octanol–water partition coefficient (Wildman–Crippen LogP) is 3.92. The van der Waals surface area contributed by atoms with Crippen LogP contribution in [0, 0.1) is 0 Å². The Balaban J connectivity index is 1.63. The van der Waals surface area contributed by atoms with E-state index in [0.29, 0.717) is 6.42 Å². The Morgan fingerprint density at radius 3 is 2.48 bits per heavy atom. The number of amides is 1. The fraction of sp³-hybridized carbons (Fsp3) is 0.316. The summed E-state index contributed by atoms with van der Waals surface area (Å²) in [6.45, 7) is 2.13. The minimum absolute atomic E-state index is 0.0530. The molecule has 108 valence electrons. The number of anilines is 1. The molecular formula is C19H21NO. The molecule has 3 rings (SSSR count). The highest BCUT2D eigenvalue weighted by Crippen LogP contribution is 2.23. The number of hydrogen-bond acceptors (Lipinski definition) is 1. The van der Waals surface area contributed by atoms with E-state index in [1.54, 1.807) is 0 Å². The number of nitrogens with one attached hydrogen (secondary N) is 1. The average Bonchev–Trinajstić information content (AvgIpc) is 2.95. The summed E-state index contributed by atoms with van der Waals surface area (Å²) < 4.78 is 0. The second-order valence-electron chi connectivity index (χ2n) is 5.73. The van der Waals surface area contributed by atoms with Crippen molar-refractivity contribution in [2.45, 2.75) is 39.0 Å². The molecule has 0 radical (unpaired) electrons. The molecule has 1 amide bonds. The molecule has 1 N–H and O–H groups in total. The number of benzene rings is 2. The number of hydrogen-bond donors (Lipinski definition) is 1. The maximum Gasteiger partial charge on any atom is 0.228 e. The first-order chi connectivity index (χ1) is 10.2. The Kier molecular flexibility index (Phi) is 4.05. The summed E-state index contributed by atoms with van der Waals surface area (Å²) in [5, 5.41) is 2.97. The topological polar surface area (TPSA) is 29.1 Å². The number of carbonyl (C=O) groups is 1. The molecule has 1 aliphatic rings. The zero-order valence-electron chi connectivity index (χ0n) is 12.5. The molecule has 0 saturated carbocycles. The molecule has 0 atom stereocenters. The lowest BCUT2D eigenvalue weighted by Crippen LogP contribution is -2.14. The van der Waals surface area contributed by atoms with Crippen LogP contribution < -0.4 is 5.32 Å². The van der Waals surface area contributed by atoms with E-state index in [0.717, 1.165) is 24.1 Å². The van der Waals surface area contributed by atoms with Crippen LogP contribution in [0.25, 0.3) is 0 Å². The van der Waals surface area contributed by atoms with Gasteiger partial charge in [0.05, 0.1) is 6.42 Å². The van der Waals surface area contributed by atoms with Gasteiger partial charge in [0.1, 0.15) is 0 Å². The molecule has 1 aliphatic carbocycles. The van der Waals surface area contributed by atoms with Crippen LogP contribution >= 0.6 is 0 Å². The second-order valence-corrected chi connectivity index (χ2v) is 5.73. The summed E-state index contributed by atoms with van der Waals surface area (Å²) >= 11 is 0. The van der Waals surface area contributed by atoms with Gasteiger partial charge in [-0.05, 0) is 60.1 Å². The van der Waals surface area contributed by atoms with E-state index in [9.17, 15) is 4.79 Å². The minimum atomic E-state index is 0.0530. The van der Waals surface area contributed by atoms with Crippen molar-refractivity contribution in [3.05, 3.63) is 64.7 Å². The van der Waals surface area contributed by atoms with Gasteiger partial charge in [0.15, 0.2) is 0 Å². The van der Waals surface area contributed by atoms with Gasteiger partial charge < -0.3 is 5.32 Å². The van der Waals surface area contributed by atoms with Crippen LogP contribution in [0.1, 0.15) is 35.6 Å². The van der Waals surface area contributed by atoms with E-state index >= 15 is 0 Å². The molecule has 0 unspecified atom stereocenters. The maximum absolute atomic E-state index is 12.1. The van der Waals surface area contributed by atoms with E-state index < -0.39 is 0 Å². The first kappa shape index (κ1) is 13.9. The summed E-state index contributed by atoms with van der Waals surface area (Å²) in [7, 11) is 0. The van der Waals surface area contributed by atoms with Crippen molar-refractivity contribution in [3.63, 3.8) is 0 Å². The SMILES string of the molecule is CCc1ccc(NC(=O)Cc2ccc3c(c2)CCC3)cc1. The van der Waals surface area contributed by atoms with Crippen molar-refractivity contribution in [2.24, 2.45) is 0 Å². The molecule has 2 aromatic carbocycles. The van der Waals surface area contributed by atoms with Gasteiger partial charge in [-0.15, -0.1) is 0 Å².